The molecular weight excluding hydrogens is 230 g/mol. The van der Waals surface area contributed by atoms with Crippen LogP contribution in [-0.4, -0.2) is 17.6 Å². The van der Waals surface area contributed by atoms with Crippen LogP contribution in [0.25, 0.3) is 0 Å². The number of thioether (sulfide) groups is 1. The van der Waals surface area contributed by atoms with E-state index in [1.807, 2.05) is 18.2 Å². The highest BCUT2D eigenvalue weighted by Gasteiger charge is 1.92. The fourth-order valence-electron chi connectivity index (χ4n) is 1.41. The lowest BCUT2D eigenvalue weighted by atomic mass is 10.2. The maximum atomic E-state index is 9.30. The second kappa shape index (κ2) is 5.55. The Hall–Kier alpha value is -1.74. The molecule has 3 heteroatoms. The molecular formula is C14H13NOS. The maximum absolute atomic E-state index is 9.30. The molecule has 0 aliphatic rings. The zero-order valence-corrected chi connectivity index (χ0v) is 10.3. The molecule has 0 atom stereocenters. The number of benzene rings is 2. The van der Waals surface area contributed by atoms with E-state index in [2.05, 4.69) is 23.4 Å². The molecule has 0 spiro atoms. The van der Waals surface area contributed by atoms with Gasteiger partial charge in [0.25, 0.3) is 0 Å². The van der Waals surface area contributed by atoms with Gasteiger partial charge in [0, 0.05) is 17.2 Å². The van der Waals surface area contributed by atoms with Crippen LogP contribution < -0.4 is 0 Å². The van der Waals surface area contributed by atoms with Gasteiger partial charge in [-0.25, -0.2) is 0 Å². The maximum Gasteiger partial charge on any atom is 0.117 e. The molecule has 17 heavy (non-hydrogen) atoms. The van der Waals surface area contributed by atoms with E-state index in [1.54, 1.807) is 36.2 Å². The Kier molecular flexibility index (Phi) is 3.83. The fraction of sp³-hybridized carbons (Fsp3) is 0.0714. The van der Waals surface area contributed by atoms with E-state index < -0.39 is 0 Å². The molecule has 2 rings (SSSR count). The van der Waals surface area contributed by atoms with Crippen LogP contribution in [-0.2, 0) is 0 Å². The van der Waals surface area contributed by atoms with Crippen LogP contribution in [0.1, 0.15) is 5.56 Å². The second-order valence-corrected chi connectivity index (χ2v) is 4.43. The normalized spacial score (nSPS) is 10.9. The third kappa shape index (κ3) is 3.36. The summed E-state index contributed by atoms with van der Waals surface area (Å²) in [5.41, 5.74) is 1.80. The van der Waals surface area contributed by atoms with Crippen molar-refractivity contribution in [3.63, 3.8) is 0 Å². The van der Waals surface area contributed by atoms with Crippen LogP contribution in [0, 0.1) is 0 Å². The lowest BCUT2D eigenvalue weighted by Gasteiger charge is -1.97. The number of hydrogen-bond acceptors (Lipinski definition) is 3. The van der Waals surface area contributed by atoms with Crippen molar-refractivity contribution in [2.75, 3.05) is 6.26 Å². The summed E-state index contributed by atoms with van der Waals surface area (Å²) in [6, 6.07) is 15.1. The van der Waals surface area contributed by atoms with Crippen molar-refractivity contribution in [2.24, 2.45) is 4.99 Å². The Bertz CT molecular complexity index is 520. The molecule has 0 unspecified atom stereocenters. The summed E-state index contributed by atoms with van der Waals surface area (Å²) < 4.78 is 0. The first-order valence-corrected chi connectivity index (χ1v) is 6.47. The minimum absolute atomic E-state index is 0.234. The summed E-state index contributed by atoms with van der Waals surface area (Å²) in [5, 5.41) is 9.30. The standard InChI is InChI=1S/C14H13NOS/c1-17-14-7-5-11(6-8-14)10-15-12-3-2-4-13(16)9-12/h2-10,16H,1H3. The van der Waals surface area contributed by atoms with Crippen LogP contribution in [0.4, 0.5) is 5.69 Å². The lowest BCUT2D eigenvalue weighted by Crippen LogP contribution is -1.79. The summed E-state index contributed by atoms with van der Waals surface area (Å²) in [6.45, 7) is 0. The first kappa shape index (κ1) is 11.7. The third-order valence-electron chi connectivity index (χ3n) is 2.31. The predicted octanol–water partition coefficient (Wildman–Crippen LogP) is 3.86. The topological polar surface area (TPSA) is 32.6 Å². The van der Waals surface area contributed by atoms with Crippen LogP contribution in [0.5, 0.6) is 5.75 Å². The van der Waals surface area contributed by atoms with Gasteiger partial charge in [-0.05, 0) is 36.1 Å². The van der Waals surface area contributed by atoms with Gasteiger partial charge in [0.15, 0.2) is 0 Å². The smallest absolute Gasteiger partial charge is 0.117 e. The molecule has 2 aromatic rings. The van der Waals surface area contributed by atoms with E-state index in [9.17, 15) is 5.11 Å². The molecule has 86 valence electrons. The third-order valence-corrected chi connectivity index (χ3v) is 3.05. The van der Waals surface area contributed by atoms with Crippen molar-refractivity contribution in [3.8, 4) is 5.75 Å². The number of phenolic OH excluding ortho intramolecular Hbond substituents is 1. The van der Waals surface area contributed by atoms with Gasteiger partial charge in [-0.15, -0.1) is 11.8 Å². The molecule has 0 heterocycles. The molecule has 0 saturated carbocycles. The van der Waals surface area contributed by atoms with Crippen LogP contribution in [0.3, 0.4) is 0 Å². The van der Waals surface area contributed by atoms with E-state index in [0.717, 1.165) is 11.3 Å². The van der Waals surface area contributed by atoms with Crippen molar-refractivity contribution in [1.82, 2.24) is 0 Å². The van der Waals surface area contributed by atoms with E-state index in [4.69, 9.17) is 0 Å². The van der Waals surface area contributed by atoms with Gasteiger partial charge in [0.1, 0.15) is 5.75 Å². The molecule has 0 radical (unpaired) electrons. The zero-order chi connectivity index (χ0) is 12.1. The molecule has 1 N–H and O–H groups in total. The Balaban J connectivity index is 2.14. The van der Waals surface area contributed by atoms with Gasteiger partial charge in [-0.1, -0.05) is 18.2 Å². The Labute approximate surface area is 105 Å². The van der Waals surface area contributed by atoms with Gasteiger partial charge in [0.05, 0.1) is 5.69 Å². The Morgan fingerprint density at radius 1 is 1.12 bits per heavy atom. The van der Waals surface area contributed by atoms with Gasteiger partial charge in [0.2, 0.25) is 0 Å². The molecule has 2 aromatic carbocycles. The number of phenols is 1. The lowest BCUT2D eigenvalue weighted by molar-refractivity contribution is 0.475. The average Bonchev–Trinajstić information content (AvgIpc) is 2.37. The highest BCUT2D eigenvalue weighted by molar-refractivity contribution is 7.98. The van der Waals surface area contributed by atoms with Crippen LogP contribution in [0.15, 0.2) is 58.4 Å². The van der Waals surface area contributed by atoms with Gasteiger partial charge in [-0.3, -0.25) is 4.99 Å². The Morgan fingerprint density at radius 2 is 1.88 bits per heavy atom. The number of aliphatic imine (C=N–C) groups is 1. The summed E-state index contributed by atoms with van der Waals surface area (Å²) >= 11 is 1.72. The molecule has 0 aliphatic heterocycles. The molecule has 0 bridgehead atoms. The summed E-state index contributed by atoms with van der Waals surface area (Å²) in [5.74, 6) is 0.234. The highest BCUT2D eigenvalue weighted by Crippen LogP contribution is 2.18. The number of hydrogen-bond donors (Lipinski definition) is 1. The quantitative estimate of drug-likeness (QED) is 0.655. The Morgan fingerprint density at radius 3 is 2.53 bits per heavy atom. The largest absolute Gasteiger partial charge is 0.508 e. The average molecular weight is 243 g/mol. The molecule has 0 fully saturated rings. The molecule has 0 aromatic heterocycles. The van der Waals surface area contributed by atoms with E-state index >= 15 is 0 Å². The first-order chi connectivity index (χ1) is 8.28. The van der Waals surface area contributed by atoms with Crippen LogP contribution in [0.2, 0.25) is 0 Å². The van der Waals surface area contributed by atoms with Gasteiger partial charge < -0.3 is 5.11 Å². The van der Waals surface area contributed by atoms with Crippen molar-refractivity contribution in [1.29, 1.82) is 0 Å². The summed E-state index contributed by atoms with van der Waals surface area (Å²) in [7, 11) is 0. The van der Waals surface area contributed by atoms with Crippen molar-refractivity contribution in [3.05, 3.63) is 54.1 Å². The second-order valence-electron chi connectivity index (χ2n) is 3.55. The van der Waals surface area contributed by atoms with E-state index in [0.29, 0.717) is 0 Å². The monoisotopic (exact) mass is 243 g/mol. The van der Waals surface area contributed by atoms with Crippen LogP contribution >= 0.6 is 11.8 Å². The molecule has 0 amide bonds. The molecule has 2 nitrogen and oxygen atoms in total. The van der Waals surface area contributed by atoms with Crippen molar-refractivity contribution in [2.45, 2.75) is 4.90 Å². The predicted molar refractivity (Wildman–Crippen MR) is 73.6 cm³/mol. The van der Waals surface area contributed by atoms with E-state index in [1.165, 1.54) is 4.90 Å². The first-order valence-electron chi connectivity index (χ1n) is 5.25. The minimum Gasteiger partial charge on any atom is -0.508 e. The number of nitrogens with zero attached hydrogens (tertiary/aromatic N) is 1. The molecule has 0 aliphatic carbocycles. The minimum atomic E-state index is 0.234. The van der Waals surface area contributed by atoms with E-state index in [-0.39, 0.29) is 5.75 Å². The van der Waals surface area contributed by atoms with Crippen molar-refractivity contribution >= 4 is 23.7 Å². The SMILES string of the molecule is CSc1ccc(C=Nc2cccc(O)c2)cc1. The van der Waals surface area contributed by atoms with Crippen molar-refractivity contribution < 1.29 is 5.11 Å². The molecule has 0 saturated heterocycles. The van der Waals surface area contributed by atoms with Gasteiger partial charge >= 0.3 is 0 Å². The summed E-state index contributed by atoms with van der Waals surface area (Å²) in [6.07, 6.45) is 3.84. The highest BCUT2D eigenvalue weighted by atomic mass is 32.2. The summed E-state index contributed by atoms with van der Waals surface area (Å²) in [4.78, 5) is 5.54. The number of aromatic hydroxyl groups is 1. The zero-order valence-electron chi connectivity index (χ0n) is 9.50. The fourth-order valence-corrected chi connectivity index (χ4v) is 1.82. The number of rotatable bonds is 3. The van der Waals surface area contributed by atoms with Gasteiger partial charge in [-0.2, -0.15) is 0 Å².